The minimum absolute atomic E-state index is 0.433. The molecule has 3 heteroatoms. The summed E-state index contributed by atoms with van der Waals surface area (Å²) < 4.78 is 5.61. The van der Waals surface area contributed by atoms with E-state index >= 15 is 0 Å². The van der Waals surface area contributed by atoms with Crippen LogP contribution < -0.4 is 5.32 Å². The van der Waals surface area contributed by atoms with Gasteiger partial charge in [0.15, 0.2) is 0 Å². The minimum Gasteiger partial charge on any atom is -0.381 e. The summed E-state index contributed by atoms with van der Waals surface area (Å²) in [5.74, 6) is 0.977. The van der Waals surface area contributed by atoms with Crippen molar-refractivity contribution in [1.29, 1.82) is 0 Å². The minimum atomic E-state index is 0.433. The molecule has 0 radical (unpaired) electrons. The highest BCUT2D eigenvalue weighted by Crippen LogP contribution is 2.33. The summed E-state index contributed by atoms with van der Waals surface area (Å²) in [7, 11) is 0. The molecule has 20 heavy (non-hydrogen) atoms. The molecule has 118 valence electrons. The Morgan fingerprint density at radius 1 is 1.25 bits per heavy atom. The molecular weight excluding hydrogens is 248 g/mol. The first-order chi connectivity index (χ1) is 9.63. The van der Waals surface area contributed by atoms with Gasteiger partial charge in [0.1, 0.15) is 0 Å². The van der Waals surface area contributed by atoms with E-state index in [4.69, 9.17) is 4.74 Å². The Balaban J connectivity index is 1.89. The van der Waals surface area contributed by atoms with Crippen molar-refractivity contribution in [2.24, 2.45) is 11.3 Å². The predicted octanol–water partition coefficient (Wildman–Crippen LogP) is 2.90. The molecule has 1 saturated carbocycles. The quantitative estimate of drug-likeness (QED) is 0.741. The summed E-state index contributed by atoms with van der Waals surface area (Å²) in [4.78, 5) is 2.71. The summed E-state index contributed by atoms with van der Waals surface area (Å²) in [6.45, 7) is 13.6. The normalized spacial score (nSPS) is 23.2. The van der Waals surface area contributed by atoms with E-state index in [0.29, 0.717) is 11.5 Å². The number of rotatable bonds is 8. The fourth-order valence-corrected chi connectivity index (χ4v) is 3.44. The van der Waals surface area contributed by atoms with Gasteiger partial charge in [-0.1, -0.05) is 27.2 Å². The van der Waals surface area contributed by atoms with Gasteiger partial charge in [-0.15, -0.1) is 0 Å². The molecule has 0 atom stereocenters. The molecule has 2 rings (SSSR count). The van der Waals surface area contributed by atoms with Crippen LogP contribution in [-0.4, -0.2) is 50.3 Å². The van der Waals surface area contributed by atoms with Crippen molar-refractivity contribution in [3.8, 4) is 0 Å². The lowest BCUT2D eigenvalue weighted by Gasteiger charge is -2.43. The number of hydrogen-bond donors (Lipinski definition) is 1. The van der Waals surface area contributed by atoms with E-state index in [1.165, 1.54) is 51.7 Å². The van der Waals surface area contributed by atoms with E-state index in [1.54, 1.807) is 0 Å². The van der Waals surface area contributed by atoms with Gasteiger partial charge in [0, 0.05) is 38.9 Å². The van der Waals surface area contributed by atoms with Crippen LogP contribution in [0.5, 0.6) is 0 Å². The Labute approximate surface area is 125 Å². The summed E-state index contributed by atoms with van der Waals surface area (Å²) in [6.07, 6.45) is 6.80. The lowest BCUT2D eigenvalue weighted by Crippen LogP contribution is -2.49. The van der Waals surface area contributed by atoms with E-state index in [-0.39, 0.29) is 0 Å². The number of nitrogens with zero attached hydrogens (tertiary/aromatic N) is 1. The molecule has 2 aliphatic rings. The van der Waals surface area contributed by atoms with Crippen molar-refractivity contribution in [3.63, 3.8) is 0 Å². The average Bonchev–Trinajstić information content (AvgIpc) is 2.40. The molecule has 0 aromatic rings. The monoisotopic (exact) mass is 282 g/mol. The zero-order chi connectivity index (χ0) is 14.4. The van der Waals surface area contributed by atoms with Gasteiger partial charge < -0.3 is 15.0 Å². The Hall–Kier alpha value is -0.120. The molecule has 0 spiro atoms. The summed E-state index contributed by atoms with van der Waals surface area (Å²) in [6, 6.07) is 0.580. The summed E-state index contributed by atoms with van der Waals surface area (Å²) in [5, 5.41) is 3.68. The second-order valence-electron chi connectivity index (χ2n) is 7.27. The third kappa shape index (κ3) is 4.71. The third-order valence-electron chi connectivity index (χ3n) is 5.19. The maximum absolute atomic E-state index is 5.61. The van der Waals surface area contributed by atoms with Crippen LogP contribution in [-0.2, 0) is 4.74 Å². The van der Waals surface area contributed by atoms with Crippen LogP contribution in [0, 0.1) is 11.3 Å². The lowest BCUT2D eigenvalue weighted by molar-refractivity contribution is -0.00864. The SMILES string of the molecule is CCN(CC1CCC1)CC1(CNC(C)C)CCOCC1. The van der Waals surface area contributed by atoms with Gasteiger partial charge in [-0.05, 0) is 43.6 Å². The van der Waals surface area contributed by atoms with Gasteiger partial charge in [-0.25, -0.2) is 0 Å². The van der Waals surface area contributed by atoms with Gasteiger partial charge >= 0.3 is 0 Å². The standard InChI is InChI=1S/C17H34N2O/c1-4-19(12-16-6-5-7-16)14-17(13-18-15(2)3)8-10-20-11-9-17/h15-16,18H,4-14H2,1-3H3. The Bertz CT molecular complexity index is 270. The molecule has 1 heterocycles. The smallest absolute Gasteiger partial charge is 0.0472 e. The molecule has 0 aromatic carbocycles. The first-order valence-corrected chi connectivity index (χ1v) is 8.67. The largest absolute Gasteiger partial charge is 0.381 e. The zero-order valence-electron chi connectivity index (χ0n) is 13.8. The molecule has 0 amide bonds. The fourth-order valence-electron chi connectivity index (χ4n) is 3.44. The van der Waals surface area contributed by atoms with Gasteiger partial charge in [0.25, 0.3) is 0 Å². The number of nitrogens with one attached hydrogen (secondary N) is 1. The maximum atomic E-state index is 5.61. The zero-order valence-corrected chi connectivity index (χ0v) is 13.8. The van der Waals surface area contributed by atoms with Crippen molar-refractivity contribution in [2.75, 3.05) is 39.4 Å². The molecule has 3 nitrogen and oxygen atoms in total. The molecule has 2 fully saturated rings. The molecular formula is C17H34N2O. The lowest BCUT2D eigenvalue weighted by atomic mass is 9.78. The van der Waals surface area contributed by atoms with Gasteiger partial charge in [0.2, 0.25) is 0 Å². The van der Waals surface area contributed by atoms with E-state index in [1.807, 2.05) is 0 Å². The van der Waals surface area contributed by atoms with Crippen LogP contribution in [0.2, 0.25) is 0 Å². The maximum Gasteiger partial charge on any atom is 0.0472 e. The Morgan fingerprint density at radius 3 is 2.45 bits per heavy atom. The van der Waals surface area contributed by atoms with E-state index in [9.17, 15) is 0 Å². The second kappa shape index (κ2) is 7.77. The molecule has 1 N–H and O–H groups in total. The van der Waals surface area contributed by atoms with Crippen LogP contribution in [0.25, 0.3) is 0 Å². The molecule has 1 saturated heterocycles. The number of ether oxygens (including phenoxy) is 1. The third-order valence-corrected chi connectivity index (χ3v) is 5.19. The van der Waals surface area contributed by atoms with Crippen molar-refractivity contribution in [3.05, 3.63) is 0 Å². The number of hydrogen-bond acceptors (Lipinski definition) is 3. The molecule has 0 unspecified atom stereocenters. The summed E-state index contributed by atoms with van der Waals surface area (Å²) >= 11 is 0. The van der Waals surface area contributed by atoms with Gasteiger partial charge in [-0.3, -0.25) is 0 Å². The van der Waals surface area contributed by atoms with E-state index in [0.717, 1.165) is 25.7 Å². The fraction of sp³-hybridized carbons (Fsp3) is 1.00. The molecule has 1 aliphatic carbocycles. The molecule has 1 aliphatic heterocycles. The van der Waals surface area contributed by atoms with Crippen molar-refractivity contribution in [1.82, 2.24) is 10.2 Å². The van der Waals surface area contributed by atoms with Crippen LogP contribution >= 0.6 is 0 Å². The van der Waals surface area contributed by atoms with Crippen LogP contribution in [0.3, 0.4) is 0 Å². The van der Waals surface area contributed by atoms with Crippen LogP contribution in [0.15, 0.2) is 0 Å². The molecule has 0 aromatic heterocycles. The first kappa shape index (κ1) is 16.3. The Kier molecular flexibility index (Phi) is 6.31. The van der Waals surface area contributed by atoms with Gasteiger partial charge in [-0.2, -0.15) is 0 Å². The van der Waals surface area contributed by atoms with Crippen molar-refractivity contribution < 1.29 is 4.74 Å². The average molecular weight is 282 g/mol. The van der Waals surface area contributed by atoms with E-state index < -0.39 is 0 Å². The topological polar surface area (TPSA) is 24.5 Å². The highest BCUT2D eigenvalue weighted by molar-refractivity contribution is 4.88. The van der Waals surface area contributed by atoms with Crippen molar-refractivity contribution in [2.45, 2.75) is 58.9 Å². The molecule has 0 bridgehead atoms. The first-order valence-electron chi connectivity index (χ1n) is 8.67. The van der Waals surface area contributed by atoms with Crippen LogP contribution in [0.1, 0.15) is 52.9 Å². The van der Waals surface area contributed by atoms with E-state index in [2.05, 4.69) is 31.0 Å². The van der Waals surface area contributed by atoms with Crippen LogP contribution in [0.4, 0.5) is 0 Å². The highest BCUT2D eigenvalue weighted by atomic mass is 16.5. The predicted molar refractivity (Wildman–Crippen MR) is 85.1 cm³/mol. The van der Waals surface area contributed by atoms with Crippen molar-refractivity contribution >= 4 is 0 Å². The van der Waals surface area contributed by atoms with Gasteiger partial charge in [0.05, 0.1) is 0 Å². The highest BCUT2D eigenvalue weighted by Gasteiger charge is 2.35. The second-order valence-corrected chi connectivity index (χ2v) is 7.27. The Morgan fingerprint density at radius 2 is 1.95 bits per heavy atom. The summed E-state index contributed by atoms with van der Waals surface area (Å²) in [5.41, 5.74) is 0.433.